The zero-order valence-electron chi connectivity index (χ0n) is 25.1. The molecule has 1 saturated heterocycles. The van der Waals surface area contributed by atoms with Gasteiger partial charge < -0.3 is 20.1 Å². The summed E-state index contributed by atoms with van der Waals surface area (Å²) in [6, 6.07) is 25.9. The minimum atomic E-state index is -0.191. The van der Waals surface area contributed by atoms with Crippen LogP contribution in [0, 0.1) is 5.92 Å². The zero-order chi connectivity index (χ0) is 29.4. The highest BCUT2D eigenvalue weighted by Crippen LogP contribution is 2.39. The molecule has 2 aliphatic carbocycles. The van der Waals surface area contributed by atoms with Crippen molar-refractivity contribution in [3.05, 3.63) is 101 Å². The highest BCUT2D eigenvalue weighted by molar-refractivity contribution is 5.76. The molecular formula is C37H40N4O2. The Balaban J connectivity index is 1.36. The number of nitrogens with zero attached hydrogens (tertiary/aromatic N) is 3. The molecule has 1 unspecified atom stereocenters. The van der Waals surface area contributed by atoms with Gasteiger partial charge in [-0.05, 0) is 90.8 Å². The van der Waals surface area contributed by atoms with Crippen LogP contribution in [-0.4, -0.2) is 43.0 Å². The largest absolute Gasteiger partial charge is 0.496 e. The van der Waals surface area contributed by atoms with Gasteiger partial charge >= 0.3 is 0 Å². The van der Waals surface area contributed by atoms with Crippen molar-refractivity contribution in [3.63, 3.8) is 0 Å². The molecule has 1 atom stereocenters. The van der Waals surface area contributed by atoms with Gasteiger partial charge in [-0.15, -0.1) is 0 Å². The topological polar surface area (TPSA) is 65.5 Å². The van der Waals surface area contributed by atoms with E-state index in [9.17, 15) is 0 Å². The van der Waals surface area contributed by atoms with Gasteiger partial charge in [0.25, 0.3) is 0 Å². The molecule has 43 heavy (non-hydrogen) atoms. The Morgan fingerprint density at radius 3 is 2.47 bits per heavy atom. The lowest BCUT2D eigenvalue weighted by Crippen LogP contribution is -2.43. The third-order valence-corrected chi connectivity index (χ3v) is 9.41. The number of hydrogen-bond acceptors (Lipinski definition) is 5. The summed E-state index contributed by atoms with van der Waals surface area (Å²) in [5.74, 6) is 2.01. The lowest BCUT2D eigenvalue weighted by molar-refractivity contribution is 0.122. The number of ether oxygens (including phenoxy) is 2. The van der Waals surface area contributed by atoms with Gasteiger partial charge in [-0.1, -0.05) is 55.5 Å². The fourth-order valence-electron chi connectivity index (χ4n) is 6.66. The lowest BCUT2D eigenvalue weighted by atomic mass is 9.73. The van der Waals surface area contributed by atoms with Crippen molar-refractivity contribution < 1.29 is 9.47 Å². The van der Waals surface area contributed by atoms with E-state index < -0.39 is 0 Å². The lowest BCUT2D eigenvalue weighted by Gasteiger charge is -2.38. The minimum Gasteiger partial charge on any atom is -0.496 e. The van der Waals surface area contributed by atoms with Crippen LogP contribution in [0.4, 0.5) is 5.69 Å². The predicted octanol–water partition coefficient (Wildman–Crippen LogP) is 5.41. The highest BCUT2D eigenvalue weighted by atomic mass is 16.5. The molecule has 2 heterocycles. The van der Waals surface area contributed by atoms with Gasteiger partial charge in [0.2, 0.25) is 0 Å². The van der Waals surface area contributed by atoms with Gasteiger partial charge in [0, 0.05) is 30.0 Å². The number of benzene rings is 3. The first kappa shape index (κ1) is 27.7. The second kappa shape index (κ2) is 11.5. The molecule has 0 spiro atoms. The number of morpholine rings is 1. The highest BCUT2D eigenvalue weighted by Gasteiger charge is 2.34. The molecule has 3 aliphatic rings. The fourth-order valence-corrected chi connectivity index (χ4v) is 6.66. The summed E-state index contributed by atoms with van der Waals surface area (Å²) < 4.78 is 13.7. The molecule has 6 nitrogen and oxygen atoms in total. The van der Waals surface area contributed by atoms with Crippen molar-refractivity contribution in [1.29, 1.82) is 0 Å². The Morgan fingerprint density at radius 2 is 1.72 bits per heavy atom. The van der Waals surface area contributed by atoms with E-state index in [1.165, 1.54) is 28.8 Å². The number of hydrogen-bond donors (Lipinski definition) is 1. The van der Waals surface area contributed by atoms with E-state index in [0.29, 0.717) is 5.92 Å². The standard InChI is InChI=1S/C37H40N4O2/c1-26-11-18-34-33(17-16-31(26)27-7-5-8-30(25-27)40-21-23-43-24-22-40)39-36(32-9-3-4-10-35(32)42-2)41(34)29-14-12-28(13-15-29)37(38)19-6-20-37/h3-5,7-10,12-18,25-26H,6,11,19-24,38H2,1-2H3. The average Bonchev–Trinajstić information content (AvgIpc) is 3.39. The first-order chi connectivity index (χ1) is 21.0. The molecule has 4 aromatic rings. The quantitative estimate of drug-likeness (QED) is 0.335. The number of nitrogens with two attached hydrogens (primary N) is 1. The second-order valence-electron chi connectivity index (χ2n) is 12.1. The predicted molar refractivity (Wildman–Crippen MR) is 175 cm³/mol. The van der Waals surface area contributed by atoms with Crippen LogP contribution in [0.5, 0.6) is 5.75 Å². The maximum absolute atomic E-state index is 6.67. The van der Waals surface area contributed by atoms with E-state index in [1.807, 2.05) is 18.2 Å². The number of fused-ring (bicyclic) bond motifs is 1. The SMILES string of the molecule is COc1ccccc1-c1nc2c(n1-c1ccc(C3(N)CCC3)cc1)=CCC(C)C(c1cccc(N3CCOCC3)c1)=CC=2. The van der Waals surface area contributed by atoms with Crippen molar-refractivity contribution in [2.45, 2.75) is 38.1 Å². The molecule has 0 amide bonds. The maximum atomic E-state index is 6.67. The number of methoxy groups -OCH3 is 1. The summed E-state index contributed by atoms with van der Waals surface area (Å²) in [7, 11) is 1.72. The molecule has 1 aliphatic heterocycles. The van der Waals surface area contributed by atoms with E-state index in [4.69, 9.17) is 20.2 Å². The number of imidazole rings is 1. The smallest absolute Gasteiger partial charge is 0.149 e. The summed E-state index contributed by atoms with van der Waals surface area (Å²) in [4.78, 5) is 7.67. The average molecular weight is 573 g/mol. The summed E-state index contributed by atoms with van der Waals surface area (Å²) in [6.45, 7) is 5.73. The number of rotatable bonds is 6. The summed E-state index contributed by atoms with van der Waals surface area (Å²) in [5, 5.41) is 2.05. The van der Waals surface area contributed by atoms with Gasteiger partial charge in [-0.2, -0.15) is 0 Å². The summed E-state index contributed by atoms with van der Waals surface area (Å²) >= 11 is 0. The van der Waals surface area contributed by atoms with Crippen LogP contribution in [0.25, 0.3) is 34.8 Å². The van der Waals surface area contributed by atoms with Gasteiger partial charge in [-0.25, -0.2) is 4.98 Å². The normalized spacial score (nSPS) is 19.6. The molecule has 0 bridgehead atoms. The fraction of sp³-hybridized carbons (Fsp3) is 0.324. The molecule has 7 rings (SSSR count). The summed E-state index contributed by atoms with van der Waals surface area (Å²) in [5.41, 5.74) is 13.6. The van der Waals surface area contributed by atoms with Crippen LogP contribution in [0.2, 0.25) is 0 Å². The van der Waals surface area contributed by atoms with Crippen LogP contribution < -0.4 is 26.1 Å². The molecule has 2 fully saturated rings. The molecule has 3 aromatic carbocycles. The van der Waals surface area contributed by atoms with E-state index in [0.717, 1.165) is 79.1 Å². The van der Waals surface area contributed by atoms with Crippen LogP contribution in [0.3, 0.4) is 0 Å². The molecule has 0 radical (unpaired) electrons. The first-order valence-corrected chi connectivity index (χ1v) is 15.5. The minimum absolute atomic E-state index is 0.191. The maximum Gasteiger partial charge on any atom is 0.149 e. The van der Waals surface area contributed by atoms with Crippen molar-refractivity contribution in [2.24, 2.45) is 11.7 Å². The number of para-hydroxylation sites is 1. The molecule has 2 N–H and O–H groups in total. The van der Waals surface area contributed by atoms with Crippen LogP contribution >= 0.6 is 0 Å². The first-order valence-electron chi connectivity index (χ1n) is 15.5. The number of anilines is 1. The molecule has 1 saturated carbocycles. The molecular weight excluding hydrogens is 532 g/mol. The Morgan fingerprint density at radius 1 is 0.930 bits per heavy atom. The molecule has 220 valence electrons. The molecule has 1 aromatic heterocycles. The number of allylic oxidation sites excluding steroid dienone is 2. The van der Waals surface area contributed by atoms with Crippen molar-refractivity contribution in [2.75, 3.05) is 38.3 Å². The Kier molecular flexibility index (Phi) is 7.41. The van der Waals surface area contributed by atoms with E-state index >= 15 is 0 Å². The van der Waals surface area contributed by atoms with Crippen LogP contribution in [0.15, 0.2) is 78.9 Å². The van der Waals surface area contributed by atoms with E-state index in [1.54, 1.807) is 7.11 Å². The van der Waals surface area contributed by atoms with Gasteiger partial charge in [0.15, 0.2) is 0 Å². The van der Waals surface area contributed by atoms with Gasteiger partial charge in [-0.3, -0.25) is 4.57 Å². The van der Waals surface area contributed by atoms with E-state index in [2.05, 4.69) is 89.2 Å². The Bertz CT molecular complexity index is 1780. The Hall–Kier alpha value is -4.13. The van der Waals surface area contributed by atoms with Crippen molar-refractivity contribution >= 4 is 23.4 Å². The van der Waals surface area contributed by atoms with Crippen LogP contribution in [-0.2, 0) is 10.3 Å². The van der Waals surface area contributed by atoms with Crippen molar-refractivity contribution in [1.82, 2.24) is 9.55 Å². The second-order valence-corrected chi connectivity index (χ2v) is 12.1. The third kappa shape index (κ3) is 5.19. The Labute approximate surface area is 253 Å². The molecule has 6 heteroatoms. The van der Waals surface area contributed by atoms with Crippen molar-refractivity contribution in [3.8, 4) is 22.8 Å². The third-order valence-electron chi connectivity index (χ3n) is 9.41. The zero-order valence-corrected chi connectivity index (χ0v) is 25.1. The summed E-state index contributed by atoms with van der Waals surface area (Å²) in [6.07, 6.45) is 11.0. The monoisotopic (exact) mass is 572 g/mol. The van der Waals surface area contributed by atoms with Crippen LogP contribution in [0.1, 0.15) is 43.7 Å². The number of aromatic nitrogens is 2. The van der Waals surface area contributed by atoms with Gasteiger partial charge in [0.1, 0.15) is 11.6 Å². The van der Waals surface area contributed by atoms with E-state index in [-0.39, 0.29) is 5.54 Å². The van der Waals surface area contributed by atoms with Gasteiger partial charge in [0.05, 0.1) is 36.6 Å².